The highest BCUT2D eigenvalue weighted by Gasteiger charge is 2.28. The van der Waals surface area contributed by atoms with Gasteiger partial charge in [0.15, 0.2) is 11.5 Å². The molecule has 0 aliphatic carbocycles. The van der Waals surface area contributed by atoms with Gasteiger partial charge in [0, 0.05) is 16.7 Å². The molecule has 0 aromatic heterocycles. The zero-order chi connectivity index (χ0) is 22.0. The van der Waals surface area contributed by atoms with Crippen molar-refractivity contribution in [2.75, 3.05) is 21.3 Å². The quantitative estimate of drug-likeness (QED) is 0.726. The Hall–Kier alpha value is -3.42. The van der Waals surface area contributed by atoms with Gasteiger partial charge >= 0.3 is 11.9 Å². The Bertz CT molecular complexity index is 991. The normalized spacial score (nSPS) is 10.4. The molecule has 0 saturated carbocycles. The van der Waals surface area contributed by atoms with Gasteiger partial charge in [0.2, 0.25) is 0 Å². The predicted octanol–water partition coefficient (Wildman–Crippen LogP) is 3.71. The molecule has 0 radical (unpaired) electrons. The lowest BCUT2D eigenvalue weighted by Gasteiger charge is -2.21. The molecule has 2 aromatic rings. The van der Waals surface area contributed by atoms with Crippen LogP contribution in [0.2, 0.25) is 0 Å². The second kappa shape index (κ2) is 8.30. The Morgan fingerprint density at radius 1 is 0.759 bits per heavy atom. The van der Waals surface area contributed by atoms with Crippen LogP contribution < -0.4 is 9.47 Å². The molecule has 8 nitrogen and oxygen atoms in total. The average Bonchev–Trinajstić information content (AvgIpc) is 2.70. The maximum atomic E-state index is 12.4. The molecule has 0 aliphatic heterocycles. The lowest BCUT2D eigenvalue weighted by molar-refractivity contribution is 0.0585. The molecule has 8 heteroatoms. The lowest BCUT2D eigenvalue weighted by Crippen LogP contribution is -2.10. The van der Waals surface area contributed by atoms with Crippen LogP contribution in [0.3, 0.4) is 0 Å². The Morgan fingerprint density at radius 2 is 1.31 bits per heavy atom. The van der Waals surface area contributed by atoms with Gasteiger partial charge in [-0.1, -0.05) is 0 Å². The summed E-state index contributed by atoms with van der Waals surface area (Å²) in [6.45, 7) is 6.28. The number of aryl methyl sites for hydroxylation is 1. The molecule has 0 fully saturated rings. The summed E-state index contributed by atoms with van der Waals surface area (Å²) < 4.78 is 20.9. The summed E-state index contributed by atoms with van der Waals surface area (Å²) in [5.74, 6) is -1.74. The zero-order valence-corrected chi connectivity index (χ0v) is 17.4. The van der Waals surface area contributed by atoms with Crippen LogP contribution in [0.1, 0.15) is 43.0 Å². The number of esters is 2. The third-order valence-electron chi connectivity index (χ3n) is 4.76. The van der Waals surface area contributed by atoms with E-state index >= 15 is 0 Å². The van der Waals surface area contributed by atoms with E-state index in [0.717, 1.165) is 0 Å². The first-order chi connectivity index (χ1) is 13.6. The largest absolute Gasteiger partial charge is 0.507 e. The Morgan fingerprint density at radius 3 is 1.83 bits per heavy atom. The van der Waals surface area contributed by atoms with E-state index in [1.54, 1.807) is 19.9 Å². The van der Waals surface area contributed by atoms with Crippen molar-refractivity contribution in [3.63, 3.8) is 0 Å². The van der Waals surface area contributed by atoms with Crippen molar-refractivity contribution in [3.05, 3.63) is 39.4 Å². The number of carbonyl (C=O) groups excluding carboxylic acids is 2. The van der Waals surface area contributed by atoms with Crippen molar-refractivity contribution in [1.29, 1.82) is 0 Å². The third-order valence-corrected chi connectivity index (χ3v) is 4.76. The molecule has 0 spiro atoms. The second-order valence-electron chi connectivity index (χ2n) is 6.46. The van der Waals surface area contributed by atoms with Crippen LogP contribution in [0.25, 0.3) is 0 Å². The molecular weight excluding hydrogens is 380 g/mol. The minimum absolute atomic E-state index is 0.0305. The van der Waals surface area contributed by atoms with E-state index in [1.807, 2.05) is 0 Å². The summed E-state index contributed by atoms with van der Waals surface area (Å²) in [7, 11) is 3.90. The van der Waals surface area contributed by atoms with Crippen molar-refractivity contribution in [3.8, 4) is 28.7 Å². The summed E-state index contributed by atoms with van der Waals surface area (Å²) in [6.07, 6.45) is 0. The van der Waals surface area contributed by atoms with E-state index in [1.165, 1.54) is 35.2 Å². The maximum absolute atomic E-state index is 12.4. The van der Waals surface area contributed by atoms with E-state index in [0.29, 0.717) is 16.9 Å². The molecule has 0 bridgehead atoms. The third kappa shape index (κ3) is 3.65. The highest BCUT2D eigenvalue weighted by Crippen LogP contribution is 2.46. The van der Waals surface area contributed by atoms with Gasteiger partial charge in [-0.2, -0.15) is 0 Å². The van der Waals surface area contributed by atoms with Crippen molar-refractivity contribution in [2.45, 2.75) is 27.7 Å². The van der Waals surface area contributed by atoms with Gasteiger partial charge in [-0.3, -0.25) is 0 Å². The minimum Gasteiger partial charge on any atom is -0.507 e. The van der Waals surface area contributed by atoms with Gasteiger partial charge in [-0.05, 0) is 39.3 Å². The van der Waals surface area contributed by atoms with Crippen LogP contribution in [0.4, 0.5) is 0 Å². The number of methoxy groups -OCH3 is 3. The number of phenols is 2. The Labute approximate surface area is 168 Å². The van der Waals surface area contributed by atoms with Crippen molar-refractivity contribution < 1.29 is 38.7 Å². The number of aromatic hydroxyl groups is 2. The molecule has 29 heavy (non-hydrogen) atoms. The van der Waals surface area contributed by atoms with Crippen LogP contribution in [0, 0.1) is 27.7 Å². The number of hydrogen-bond acceptors (Lipinski definition) is 8. The van der Waals surface area contributed by atoms with Gasteiger partial charge < -0.3 is 29.2 Å². The number of phenolic OH excluding ortho intramolecular Hbond substituents is 2. The summed E-state index contributed by atoms with van der Waals surface area (Å²) in [6, 6.07) is 1.67. The number of benzene rings is 2. The monoisotopic (exact) mass is 404 g/mol. The van der Waals surface area contributed by atoms with E-state index in [9.17, 15) is 19.8 Å². The maximum Gasteiger partial charge on any atom is 0.342 e. The van der Waals surface area contributed by atoms with Gasteiger partial charge in [0.05, 0.1) is 21.3 Å². The summed E-state index contributed by atoms with van der Waals surface area (Å²) in [5, 5.41) is 20.9. The van der Waals surface area contributed by atoms with Gasteiger partial charge in [-0.25, -0.2) is 9.59 Å². The topological polar surface area (TPSA) is 112 Å². The molecule has 0 unspecified atom stereocenters. The van der Waals surface area contributed by atoms with E-state index in [-0.39, 0.29) is 39.5 Å². The molecule has 0 amide bonds. The highest BCUT2D eigenvalue weighted by molar-refractivity contribution is 5.97. The fourth-order valence-corrected chi connectivity index (χ4v) is 3.07. The SMILES string of the molecule is COC(=O)c1c(C)c(Oc2c(C)c(OC)cc(C)c2C(=O)OC)c(O)c(C)c1O. The summed E-state index contributed by atoms with van der Waals surface area (Å²) in [4.78, 5) is 24.5. The molecule has 2 aromatic carbocycles. The Balaban J connectivity index is 2.84. The smallest absolute Gasteiger partial charge is 0.342 e. The van der Waals surface area contributed by atoms with Gasteiger partial charge in [0.25, 0.3) is 0 Å². The fourth-order valence-electron chi connectivity index (χ4n) is 3.07. The van der Waals surface area contributed by atoms with Crippen LogP contribution in [-0.2, 0) is 9.47 Å². The van der Waals surface area contributed by atoms with Gasteiger partial charge in [-0.15, -0.1) is 0 Å². The summed E-state index contributed by atoms with van der Waals surface area (Å²) >= 11 is 0. The minimum atomic E-state index is -0.792. The van der Waals surface area contributed by atoms with Gasteiger partial charge in [0.1, 0.15) is 28.4 Å². The van der Waals surface area contributed by atoms with E-state index < -0.39 is 17.7 Å². The first-order valence-electron chi connectivity index (χ1n) is 8.68. The van der Waals surface area contributed by atoms with Crippen molar-refractivity contribution in [1.82, 2.24) is 0 Å². The molecule has 0 aliphatic rings. The van der Waals surface area contributed by atoms with E-state index in [2.05, 4.69) is 0 Å². The van der Waals surface area contributed by atoms with E-state index in [4.69, 9.17) is 18.9 Å². The van der Waals surface area contributed by atoms with Crippen LogP contribution in [0.15, 0.2) is 6.07 Å². The average molecular weight is 404 g/mol. The first-order valence-corrected chi connectivity index (χ1v) is 8.68. The first kappa shape index (κ1) is 21.9. The molecule has 2 rings (SSSR count). The Kier molecular flexibility index (Phi) is 6.26. The standard InChI is InChI=1S/C21H24O8/c1-9-8-13(26-5)10(2)18(14(9)20(24)27-6)29-19-11(3)15(21(25)28-7)16(22)12(4)17(19)23/h8,22-23H,1-7H3. The molecule has 156 valence electrons. The number of rotatable bonds is 5. The summed E-state index contributed by atoms with van der Waals surface area (Å²) in [5.41, 5.74) is 1.21. The highest BCUT2D eigenvalue weighted by atomic mass is 16.5. The molecule has 0 heterocycles. The van der Waals surface area contributed by atoms with Crippen molar-refractivity contribution >= 4 is 11.9 Å². The number of ether oxygens (including phenoxy) is 4. The number of carbonyl (C=O) groups is 2. The lowest BCUT2D eigenvalue weighted by atomic mass is 10.00. The fraction of sp³-hybridized carbons (Fsp3) is 0.333. The van der Waals surface area contributed by atoms with Crippen LogP contribution in [-0.4, -0.2) is 43.5 Å². The molecule has 0 atom stereocenters. The molecule has 0 saturated heterocycles. The second-order valence-corrected chi connectivity index (χ2v) is 6.46. The van der Waals surface area contributed by atoms with Crippen LogP contribution in [0.5, 0.6) is 28.7 Å². The predicted molar refractivity (Wildman–Crippen MR) is 104 cm³/mol. The molecular formula is C21H24O8. The number of hydrogen-bond donors (Lipinski definition) is 2. The molecule has 2 N–H and O–H groups in total. The van der Waals surface area contributed by atoms with Crippen molar-refractivity contribution in [2.24, 2.45) is 0 Å². The zero-order valence-electron chi connectivity index (χ0n) is 17.4. The van der Waals surface area contributed by atoms with Crippen LogP contribution >= 0.6 is 0 Å².